The molecule has 1 aromatic rings. The van der Waals surface area contributed by atoms with Crippen molar-refractivity contribution in [2.45, 2.75) is 51.5 Å². The normalized spacial score (nSPS) is 18.8. The summed E-state index contributed by atoms with van der Waals surface area (Å²) in [4.78, 5) is 2.60. The number of benzene rings is 1. The van der Waals surface area contributed by atoms with Gasteiger partial charge in [0.1, 0.15) is 0 Å². The number of fused-ring (bicyclic) bond motifs is 1. The largest absolute Gasteiger partial charge is 0.369 e. The number of rotatable bonds is 6. The Hall–Kier alpha value is -1.02. The van der Waals surface area contributed by atoms with Crippen LogP contribution in [-0.2, 0) is 6.42 Å². The fourth-order valence-electron chi connectivity index (χ4n) is 2.88. The molecule has 0 radical (unpaired) electrons. The minimum Gasteiger partial charge on any atom is -0.369 e. The maximum Gasteiger partial charge on any atom is 0.0401 e. The van der Waals surface area contributed by atoms with E-state index in [1.54, 1.807) is 0 Å². The van der Waals surface area contributed by atoms with E-state index < -0.39 is 0 Å². The van der Waals surface area contributed by atoms with Crippen LogP contribution in [0.4, 0.5) is 5.69 Å². The molecule has 0 saturated carbocycles. The lowest BCUT2D eigenvalue weighted by Crippen LogP contribution is -2.37. The summed E-state index contributed by atoms with van der Waals surface area (Å²) in [5, 5.41) is 0. The van der Waals surface area contributed by atoms with Gasteiger partial charge in [0.05, 0.1) is 0 Å². The third kappa shape index (κ3) is 3.26. The van der Waals surface area contributed by atoms with Crippen LogP contribution in [0.2, 0.25) is 0 Å². The van der Waals surface area contributed by atoms with Crippen molar-refractivity contribution >= 4 is 5.69 Å². The van der Waals surface area contributed by atoms with E-state index in [1.807, 2.05) is 0 Å². The number of para-hydroxylation sites is 1. The summed E-state index contributed by atoms with van der Waals surface area (Å²) in [7, 11) is 0. The quantitative estimate of drug-likeness (QED) is 0.780. The van der Waals surface area contributed by atoms with E-state index in [0.29, 0.717) is 6.04 Å². The molecule has 0 amide bonds. The second-order valence-electron chi connectivity index (χ2n) is 5.41. The first-order chi connectivity index (χ1) is 8.83. The van der Waals surface area contributed by atoms with Gasteiger partial charge < -0.3 is 10.6 Å². The fourth-order valence-corrected chi connectivity index (χ4v) is 2.88. The summed E-state index contributed by atoms with van der Waals surface area (Å²) in [5.41, 5.74) is 8.52. The van der Waals surface area contributed by atoms with Crippen molar-refractivity contribution in [2.24, 2.45) is 5.73 Å². The van der Waals surface area contributed by atoms with Crippen molar-refractivity contribution in [3.63, 3.8) is 0 Å². The summed E-state index contributed by atoms with van der Waals surface area (Å²) < 4.78 is 0. The summed E-state index contributed by atoms with van der Waals surface area (Å²) in [6.07, 6.45) is 7.58. The van der Waals surface area contributed by atoms with Crippen LogP contribution >= 0.6 is 0 Å². The Balaban J connectivity index is 1.90. The molecule has 18 heavy (non-hydrogen) atoms. The molecule has 0 saturated heterocycles. The minimum absolute atomic E-state index is 0.689. The topological polar surface area (TPSA) is 29.3 Å². The van der Waals surface area contributed by atoms with Gasteiger partial charge in [-0.15, -0.1) is 0 Å². The Kier molecular flexibility index (Phi) is 5.06. The highest BCUT2D eigenvalue weighted by atomic mass is 15.2. The van der Waals surface area contributed by atoms with Crippen LogP contribution in [0.15, 0.2) is 24.3 Å². The lowest BCUT2D eigenvalue weighted by atomic mass is 9.96. The average Bonchev–Trinajstić information content (AvgIpc) is 2.41. The van der Waals surface area contributed by atoms with Gasteiger partial charge in [-0.25, -0.2) is 0 Å². The Labute approximate surface area is 111 Å². The van der Waals surface area contributed by atoms with Gasteiger partial charge >= 0.3 is 0 Å². The van der Waals surface area contributed by atoms with E-state index in [9.17, 15) is 0 Å². The zero-order valence-corrected chi connectivity index (χ0v) is 11.6. The van der Waals surface area contributed by atoms with Crippen LogP contribution in [0.25, 0.3) is 0 Å². The SMILES string of the molecule is CC1CCc2ccccc2N1CCCCCCN. The smallest absolute Gasteiger partial charge is 0.0401 e. The van der Waals surface area contributed by atoms with Crippen molar-refractivity contribution in [1.29, 1.82) is 0 Å². The van der Waals surface area contributed by atoms with Gasteiger partial charge in [-0.05, 0) is 50.8 Å². The van der Waals surface area contributed by atoms with Crippen LogP contribution in [0.5, 0.6) is 0 Å². The molecule has 1 aromatic carbocycles. The summed E-state index contributed by atoms with van der Waals surface area (Å²) in [5.74, 6) is 0. The van der Waals surface area contributed by atoms with Crippen LogP contribution in [0.3, 0.4) is 0 Å². The highest BCUT2D eigenvalue weighted by molar-refractivity contribution is 5.56. The summed E-state index contributed by atoms with van der Waals surface area (Å²) in [6.45, 7) is 4.39. The summed E-state index contributed by atoms with van der Waals surface area (Å²) >= 11 is 0. The first-order valence-electron chi connectivity index (χ1n) is 7.37. The molecule has 1 heterocycles. The molecule has 2 nitrogen and oxygen atoms in total. The van der Waals surface area contributed by atoms with E-state index in [2.05, 4.69) is 36.1 Å². The van der Waals surface area contributed by atoms with Gasteiger partial charge in [0.25, 0.3) is 0 Å². The van der Waals surface area contributed by atoms with Gasteiger partial charge in [0.2, 0.25) is 0 Å². The maximum atomic E-state index is 5.53. The molecule has 100 valence electrons. The van der Waals surface area contributed by atoms with Crippen molar-refractivity contribution < 1.29 is 0 Å². The summed E-state index contributed by atoms with van der Waals surface area (Å²) in [6, 6.07) is 9.58. The van der Waals surface area contributed by atoms with E-state index in [-0.39, 0.29) is 0 Å². The second kappa shape index (κ2) is 6.79. The predicted octanol–water partition coefficient (Wildman–Crippen LogP) is 3.35. The van der Waals surface area contributed by atoms with Crippen LogP contribution in [0, 0.1) is 0 Å². The van der Waals surface area contributed by atoms with E-state index >= 15 is 0 Å². The molecular formula is C16H26N2. The standard InChI is InChI=1S/C16H26N2/c1-14-10-11-15-8-4-5-9-16(15)18(14)13-7-3-2-6-12-17/h4-5,8-9,14H,2-3,6-7,10-13,17H2,1H3. The Morgan fingerprint density at radius 1 is 1.17 bits per heavy atom. The lowest BCUT2D eigenvalue weighted by Gasteiger charge is -2.37. The molecule has 0 bridgehead atoms. The highest BCUT2D eigenvalue weighted by Crippen LogP contribution is 2.30. The molecule has 2 heteroatoms. The van der Waals surface area contributed by atoms with E-state index in [1.165, 1.54) is 56.3 Å². The van der Waals surface area contributed by atoms with Crippen LogP contribution in [-0.4, -0.2) is 19.1 Å². The maximum absolute atomic E-state index is 5.53. The zero-order valence-electron chi connectivity index (χ0n) is 11.6. The Morgan fingerprint density at radius 3 is 2.78 bits per heavy atom. The average molecular weight is 246 g/mol. The number of anilines is 1. The lowest BCUT2D eigenvalue weighted by molar-refractivity contribution is 0.536. The number of hydrogen-bond acceptors (Lipinski definition) is 2. The molecule has 0 aliphatic carbocycles. The van der Waals surface area contributed by atoms with E-state index in [0.717, 1.165) is 6.54 Å². The van der Waals surface area contributed by atoms with Crippen molar-refractivity contribution in [3.05, 3.63) is 29.8 Å². The molecule has 0 aromatic heterocycles. The highest BCUT2D eigenvalue weighted by Gasteiger charge is 2.21. The molecule has 0 spiro atoms. The minimum atomic E-state index is 0.689. The zero-order chi connectivity index (χ0) is 12.8. The molecular weight excluding hydrogens is 220 g/mol. The number of nitrogens with zero attached hydrogens (tertiary/aromatic N) is 1. The Morgan fingerprint density at radius 2 is 1.94 bits per heavy atom. The number of hydrogen-bond donors (Lipinski definition) is 1. The molecule has 1 aliphatic heterocycles. The molecule has 1 atom stereocenters. The van der Waals surface area contributed by atoms with Crippen LogP contribution < -0.4 is 10.6 Å². The first-order valence-corrected chi connectivity index (χ1v) is 7.37. The van der Waals surface area contributed by atoms with Gasteiger partial charge in [-0.1, -0.05) is 31.0 Å². The molecule has 1 aliphatic rings. The molecule has 2 N–H and O–H groups in total. The predicted molar refractivity (Wildman–Crippen MR) is 79.1 cm³/mol. The van der Waals surface area contributed by atoms with Gasteiger partial charge in [-0.2, -0.15) is 0 Å². The number of nitrogens with two attached hydrogens (primary N) is 1. The monoisotopic (exact) mass is 246 g/mol. The van der Waals surface area contributed by atoms with Crippen LogP contribution in [0.1, 0.15) is 44.6 Å². The molecule has 0 fully saturated rings. The second-order valence-corrected chi connectivity index (χ2v) is 5.41. The number of aryl methyl sites for hydroxylation is 1. The number of unbranched alkanes of at least 4 members (excludes halogenated alkanes) is 3. The first kappa shape index (κ1) is 13.4. The molecule has 1 unspecified atom stereocenters. The fraction of sp³-hybridized carbons (Fsp3) is 0.625. The Bertz CT molecular complexity index is 362. The van der Waals surface area contributed by atoms with Crippen molar-refractivity contribution in [3.8, 4) is 0 Å². The van der Waals surface area contributed by atoms with Crippen molar-refractivity contribution in [1.82, 2.24) is 0 Å². The van der Waals surface area contributed by atoms with Gasteiger partial charge in [-0.3, -0.25) is 0 Å². The third-order valence-corrected chi connectivity index (χ3v) is 4.02. The van der Waals surface area contributed by atoms with Gasteiger partial charge in [0.15, 0.2) is 0 Å². The van der Waals surface area contributed by atoms with E-state index in [4.69, 9.17) is 5.73 Å². The van der Waals surface area contributed by atoms with Crippen molar-refractivity contribution in [2.75, 3.05) is 18.0 Å². The third-order valence-electron chi connectivity index (χ3n) is 4.02. The molecule has 2 rings (SSSR count). The van der Waals surface area contributed by atoms with Gasteiger partial charge in [0, 0.05) is 18.3 Å².